The van der Waals surface area contributed by atoms with Gasteiger partial charge < -0.3 is 29.7 Å². The highest BCUT2D eigenvalue weighted by atomic mass is 16.5. The van der Waals surface area contributed by atoms with E-state index in [1.54, 1.807) is 17.1 Å². The quantitative estimate of drug-likeness (QED) is 0.189. The summed E-state index contributed by atoms with van der Waals surface area (Å²) in [5.41, 5.74) is 0.437. The number of esters is 1. The second-order valence-corrected chi connectivity index (χ2v) is 13.7. The number of nitrogens with zero attached hydrogens (tertiary/aromatic N) is 2. The lowest BCUT2D eigenvalue weighted by atomic mass is 9.70. The van der Waals surface area contributed by atoms with Crippen LogP contribution in [0.4, 0.5) is 0 Å². The summed E-state index contributed by atoms with van der Waals surface area (Å²) in [6.07, 6.45) is 4.79. The number of rotatable bonds is 17. The van der Waals surface area contributed by atoms with Gasteiger partial charge in [0.25, 0.3) is 0 Å². The van der Waals surface area contributed by atoms with E-state index < -0.39 is 53.5 Å². The van der Waals surface area contributed by atoms with Gasteiger partial charge in [-0.25, -0.2) is 0 Å². The number of ether oxygens (including phenoxy) is 2. The molecule has 0 aromatic heterocycles. The molecule has 3 aliphatic rings. The number of amides is 3. The molecule has 10 nitrogen and oxygen atoms in total. The van der Waals surface area contributed by atoms with E-state index >= 15 is 0 Å². The number of aliphatic hydroxyl groups excluding tert-OH is 1. The molecule has 49 heavy (non-hydrogen) atoms. The predicted molar refractivity (Wildman–Crippen MR) is 185 cm³/mol. The van der Waals surface area contributed by atoms with Crippen molar-refractivity contribution in [2.75, 3.05) is 19.8 Å². The number of carbonyl (C=O) groups is 4. The van der Waals surface area contributed by atoms with Gasteiger partial charge in [0.15, 0.2) is 0 Å². The fourth-order valence-electron chi connectivity index (χ4n) is 7.89. The van der Waals surface area contributed by atoms with Crippen LogP contribution in [0.1, 0.15) is 63.1 Å². The molecule has 2 bridgehead atoms. The van der Waals surface area contributed by atoms with Crippen molar-refractivity contribution in [3.63, 3.8) is 0 Å². The summed E-state index contributed by atoms with van der Waals surface area (Å²) < 4.78 is 12.2. The summed E-state index contributed by atoms with van der Waals surface area (Å²) >= 11 is 0. The number of hydrogen-bond donors (Lipinski definition) is 2. The fraction of sp³-hybridized carbons (Fsp3) is 0.487. The lowest BCUT2D eigenvalue weighted by molar-refractivity contribution is -0.152. The van der Waals surface area contributed by atoms with Crippen molar-refractivity contribution in [1.29, 1.82) is 0 Å². The van der Waals surface area contributed by atoms with E-state index in [0.29, 0.717) is 32.2 Å². The first-order chi connectivity index (χ1) is 23.6. The molecule has 5 rings (SSSR count). The first-order valence-electron chi connectivity index (χ1n) is 17.3. The van der Waals surface area contributed by atoms with Crippen LogP contribution >= 0.6 is 0 Å². The van der Waals surface area contributed by atoms with E-state index in [-0.39, 0.29) is 43.9 Å². The van der Waals surface area contributed by atoms with Crippen LogP contribution in [0.15, 0.2) is 86.0 Å². The number of hydrogen-bond acceptors (Lipinski definition) is 7. The number of likely N-dealkylation sites (tertiary alicyclic amines) is 1. The van der Waals surface area contributed by atoms with Crippen LogP contribution in [0.5, 0.6) is 0 Å². The molecule has 2 N–H and O–H groups in total. The maximum atomic E-state index is 14.8. The normalized spacial score (nSPS) is 25.1. The number of nitrogens with one attached hydrogen (secondary N) is 1. The molecule has 2 aromatic carbocycles. The molecule has 7 atom stereocenters. The molecule has 0 radical (unpaired) electrons. The molecule has 3 fully saturated rings. The number of aliphatic hydroxyl groups is 1. The zero-order chi connectivity index (χ0) is 35.1. The number of allylic oxidation sites excluding steroid dienone is 1. The monoisotopic (exact) mass is 671 g/mol. The van der Waals surface area contributed by atoms with Crippen molar-refractivity contribution in [1.82, 2.24) is 15.1 Å². The molecule has 3 heterocycles. The van der Waals surface area contributed by atoms with Crippen molar-refractivity contribution < 1.29 is 33.8 Å². The number of fused-ring (bicyclic) bond motifs is 1. The Morgan fingerprint density at radius 3 is 2.43 bits per heavy atom. The fourth-order valence-corrected chi connectivity index (χ4v) is 7.89. The molecular formula is C39H49N3O7. The molecule has 3 aliphatic heterocycles. The van der Waals surface area contributed by atoms with Gasteiger partial charge in [0.1, 0.15) is 18.2 Å². The average molecular weight is 672 g/mol. The lowest BCUT2D eigenvalue weighted by Gasteiger charge is -2.39. The van der Waals surface area contributed by atoms with Crippen molar-refractivity contribution in [2.24, 2.45) is 17.8 Å². The summed E-state index contributed by atoms with van der Waals surface area (Å²) in [5, 5.41) is 13.7. The highest BCUT2D eigenvalue weighted by molar-refractivity contribution is 5.99. The van der Waals surface area contributed by atoms with E-state index in [4.69, 9.17) is 9.47 Å². The third kappa shape index (κ3) is 7.50. The van der Waals surface area contributed by atoms with Crippen molar-refractivity contribution in [3.8, 4) is 0 Å². The van der Waals surface area contributed by atoms with Gasteiger partial charge in [-0.3, -0.25) is 19.2 Å². The standard InChI is InChI=1S/C39H49N3O7/c1-5-7-18-32(44)48-25-30(28-16-12-9-13-17-28)40-36(45)33-31-19-20-39(49-31)34(33)37(46)42(29(24-43)22-26(3)4)35(39)38(47)41(21-6-2)23-27-14-10-8-11-15-27/h5-6,8-17,26,29-31,33-35,43H,1-2,7,18-25H2,3-4H3,(H,40,45)/t29-,30-,31-,33+,34+,35-,39+/m1/s1. The Kier molecular flexibility index (Phi) is 11.7. The van der Waals surface area contributed by atoms with E-state index in [0.717, 1.165) is 11.1 Å². The average Bonchev–Trinajstić information content (AvgIpc) is 3.75. The molecule has 0 saturated carbocycles. The van der Waals surface area contributed by atoms with Gasteiger partial charge >= 0.3 is 5.97 Å². The summed E-state index contributed by atoms with van der Waals surface area (Å²) in [6.45, 7) is 11.7. The van der Waals surface area contributed by atoms with Crippen molar-refractivity contribution in [3.05, 3.63) is 97.1 Å². The molecular weight excluding hydrogens is 622 g/mol. The van der Waals surface area contributed by atoms with Gasteiger partial charge in [-0.2, -0.15) is 0 Å². The Morgan fingerprint density at radius 2 is 1.80 bits per heavy atom. The van der Waals surface area contributed by atoms with Crippen LogP contribution < -0.4 is 5.32 Å². The molecule has 2 aromatic rings. The van der Waals surface area contributed by atoms with Crippen LogP contribution in [0, 0.1) is 17.8 Å². The topological polar surface area (TPSA) is 125 Å². The van der Waals surface area contributed by atoms with E-state index in [1.807, 2.05) is 74.5 Å². The van der Waals surface area contributed by atoms with Gasteiger partial charge in [-0.15, -0.1) is 13.2 Å². The Balaban J connectivity index is 1.47. The lowest BCUT2D eigenvalue weighted by Crippen LogP contribution is -2.58. The summed E-state index contributed by atoms with van der Waals surface area (Å²) in [4.78, 5) is 59.3. The van der Waals surface area contributed by atoms with Crippen LogP contribution in [0.2, 0.25) is 0 Å². The van der Waals surface area contributed by atoms with Gasteiger partial charge in [0.2, 0.25) is 17.7 Å². The Labute approximate surface area is 289 Å². The van der Waals surface area contributed by atoms with Gasteiger partial charge in [-0.05, 0) is 42.7 Å². The molecule has 0 aliphatic carbocycles. The smallest absolute Gasteiger partial charge is 0.306 e. The first kappa shape index (κ1) is 36.0. The predicted octanol–water partition coefficient (Wildman–Crippen LogP) is 4.35. The van der Waals surface area contributed by atoms with Gasteiger partial charge in [0.05, 0.1) is 36.6 Å². The molecule has 1 spiro atoms. The maximum Gasteiger partial charge on any atom is 0.306 e. The Bertz CT molecular complexity index is 1500. The van der Waals surface area contributed by atoms with Crippen LogP contribution in [0.3, 0.4) is 0 Å². The minimum absolute atomic E-state index is 0.0854. The largest absolute Gasteiger partial charge is 0.463 e. The van der Waals surface area contributed by atoms with Crippen molar-refractivity contribution in [2.45, 2.75) is 82.3 Å². The van der Waals surface area contributed by atoms with E-state index in [2.05, 4.69) is 18.5 Å². The van der Waals surface area contributed by atoms with Gasteiger partial charge in [-0.1, -0.05) is 86.7 Å². The van der Waals surface area contributed by atoms with Gasteiger partial charge in [0, 0.05) is 19.5 Å². The molecule has 3 saturated heterocycles. The summed E-state index contributed by atoms with van der Waals surface area (Å²) in [7, 11) is 0. The van der Waals surface area contributed by atoms with E-state index in [1.165, 1.54) is 4.90 Å². The zero-order valence-electron chi connectivity index (χ0n) is 28.5. The maximum absolute atomic E-state index is 14.8. The number of carbonyl (C=O) groups excluding carboxylic acids is 4. The minimum atomic E-state index is -1.24. The third-order valence-corrected chi connectivity index (χ3v) is 9.98. The Morgan fingerprint density at radius 1 is 1.10 bits per heavy atom. The van der Waals surface area contributed by atoms with Crippen molar-refractivity contribution >= 4 is 23.7 Å². The molecule has 3 amide bonds. The molecule has 10 heteroatoms. The summed E-state index contributed by atoms with van der Waals surface area (Å²) in [6, 6.07) is 16.5. The first-order valence-corrected chi connectivity index (χ1v) is 17.3. The number of benzene rings is 2. The van der Waals surface area contributed by atoms with Crippen LogP contribution in [0.25, 0.3) is 0 Å². The second-order valence-electron chi connectivity index (χ2n) is 13.7. The van der Waals surface area contributed by atoms with E-state index in [9.17, 15) is 24.3 Å². The molecule has 262 valence electrons. The minimum Gasteiger partial charge on any atom is -0.463 e. The van der Waals surface area contributed by atoms with Crippen LogP contribution in [-0.2, 0) is 35.2 Å². The highest BCUT2D eigenvalue weighted by Gasteiger charge is 2.75. The zero-order valence-corrected chi connectivity index (χ0v) is 28.5. The SMILES string of the molecule is C=CCCC(=O)OC[C@@H](NC(=O)[C@@H]1[C@H]2C(=O)N([C@@H](CO)CC(C)C)[C@H](C(=O)N(CC=C)Cc3ccccc3)[C@]23CC[C@H]1O3)c1ccccc1. The summed E-state index contributed by atoms with van der Waals surface area (Å²) in [5.74, 6) is -3.11. The highest BCUT2D eigenvalue weighted by Crippen LogP contribution is 2.59. The molecule has 0 unspecified atom stereocenters. The van der Waals surface area contributed by atoms with Crippen LogP contribution in [-0.4, -0.2) is 82.1 Å². The third-order valence-electron chi connectivity index (χ3n) is 9.98. The Hall–Kier alpha value is -4.28. The second kappa shape index (κ2) is 16.0.